The molecule has 14 aromatic carbocycles. The van der Waals surface area contributed by atoms with Gasteiger partial charge in [0.25, 0.3) is 0 Å². The summed E-state index contributed by atoms with van der Waals surface area (Å²) in [6, 6.07) is 142. The third kappa shape index (κ3) is 10.4. The second-order valence-electron chi connectivity index (χ2n) is 24.0. The highest BCUT2D eigenvalue weighted by Crippen LogP contribution is 2.35. The molecular formula is C88H63N3Si2. The fourth-order valence-corrected chi connectivity index (χ4v) is 24.3. The maximum atomic E-state index is 5.95. The van der Waals surface area contributed by atoms with Crippen LogP contribution in [0.4, 0.5) is 0 Å². The second kappa shape index (κ2) is 24.6. The lowest BCUT2D eigenvalue weighted by molar-refractivity contribution is 1.05. The summed E-state index contributed by atoms with van der Waals surface area (Å²) in [5.74, 6) is 1.42. The van der Waals surface area contributed by atoms with Gasteiger partial charge in [0.05, 0.1) is 16.7 Å². The van der Waals surface area contributed by atoms with E-state index in [9.17, 15) is 0 Å². The zero-order valence-corrected chi connectivity index (χ0v) is 53.2. The van der Waals surface area contributed by atoms with Crippen molar-refractivity contribution in [1.29, 1.82) is 0 Å². The normalized spacial score (nSPS) is 11.7. The van der Waals surface area contributed by atoms with Crippen molar-refractivity contribution in [1.82, 2.24) is 14.5 Å². The first-order valence-electron chi connectivity index (χ1n) is 31.9. The van der Waals surface area contributed by atoms with Crippen molar-refractivity contribution >= 4 is 79.4 Å². The Balaban J connectivity index is 1.10. The predicted octanol–water partition coefficient (Wildman–Crippen LogP) is 16.3. The molecule has 0 radical (unpaired) electrons. The monoisotopic (exact) mass is 1220 g/mol. The van der Waals surface area contributed by atoms with Crippen LogP contribution in [-0.2, 0) is 0 Å². The zero-order chi connectivity index (χ0) is 62.0. The fraction of sp³-hybridized carbons (Fsp3) is 0. The lowest BCUT2D eigenvalue weighted by atomic mass is 10.1. The number of rotatable bonds is 15. The molecule has 16 rings (SSSR count). The standard InChI is InChI=1S/C88H63N3Si2/c1-8-30-64(31-9-1)69-40-26-48-76(56-69)92(74-44-18-6-19-45-74,77-49-27-41-70(57-77)65-32-10-2-11-33-65)80-60-73(88-89-84(68-38-16-5-17-39-68)63-87(90-88)91-85-54-24-22-52-82(85)83-53-23-25-55-86(83)91)61-81(62-80)93(75-46-20-7-21-47-75,78-50-28-42-71(58-78)66-34-12-3-13-35-66)79-51-29-43-72(59-79)67-36-14-4-15-37-67/h1-63H. The van der Waals surface area contributed by atoms with Gasteiger partial charge in [0.15, 0.2) is 22.0 Å². The fourth-order valence-electron chi connectivity index (χ4n) is 14.4. The number of aromatic nitrogens is 3. The first kappa shape index (κ1) is 56.6. The van der Waals surface area contributed by atoms with Crippen molar-refractivity contribution in [2.45, 2.75) is 0 Å². The SMILES string of the molecule is c1ccc(-c2cccc([Si](c3ccccc3)(c3cccc(-c4ccccc4)c3)c3cc(-c4nc(-c5ccccc5)cc(-n5c6ccccc6c6ccccc65)n4)cc([Si](c4ccccc4)(c4cccc(-c5ccccc5)c4)c4cccc(-c5ccccc5)c4)c3)c2)cc1. The van der Waals surface area contributed by atoms with Gasteiger partial charge in [-0.05, 0) is 98.1 Å². The van der Waals surface area contributed by atoms with Crippen LogP contribution < -0.4 is 41.5 Å². The molecule has 5 heteroatoms. The molecule has 2 aromatic heterocycles. The van der Waals surface area contributed by atoms with E-state index >= 15 is 0 Å². The van der Waals surface area contributed by atoms with E-state index in [-0.39, 0.29) is 0 Å². The molecule has 2 heterocycles. The molecule has 0 atom stereocenters. The van der Waals surface area contributed by atoms with Crippen LogP contribution >= 0.6 is 0 Å². The van der Waals surface area contributed by atoms with Gasteiger partial charge in [0.1, 0.15) is 5.82 Å². The molecule has 0 aliphatic rings. The molecule has 0 saturated heterocycles. The van der Waals surface area contributed by atoms with Crippen LogP contribution in [0.2, 0.25) is 0 Å². The maximum Gasteiger partial charge on any atom is 0.179 e. The van der Waals surface area contributed by atoms with Gasteiger partial charge in [0, 0.05) is 28.0 Å². The van der Waals surface area contributed by atoms with Crippen molar-refractivity contribution in [2.24, 2.45) is 0 Å². The van der Waals surface area contributed by atoms with E-state index in [1.54, 1.807) is 0 Å². The lowest BCUT2D eigenvalue weighted by Crippen LogP contribution is -2.78. The number of benzene rings is 14. The largest absolute Gasteiger partial charge is 0.294 e. The van der Waals surface area contributed by atoms with Crippen molar-refractivity contribution < 1.29 is 0 Å². The Kier molecular flexibility index (Phi) is 15.0. The Morgan fingerprint density at radius 3 is 0.828 bits per heavy atom. The molecule has 0 fully saturated rings. The summed E-state index contributed by atoms with van der Waals surface area (Å²) in [5.41, 5.74) is 14.2. The van der Waals surface area contributed by atoms with Gasteiger partial charge in [-0.2, -0.15) is 0 Å². The molecule has 0 spiro atoms. The number of hydrogen-bond acceptors (Lipinski definition) is 2. The minimum atomic E-state index is -3.59. The molecule has 93 heavy (non-hydrogen) atoms. The van der Waals surface area contributed by atoms with Gasteiger partial charge < -0.3 is 0 Å². The number of fused-ring (bicyclic) bond motifs is 3. The average Bonchev–Trinajstić information content (AvgIpc) is 1.18. The predicted molar refractivity (Wildman–Crippen MR) is 396 cm³/mol. The Morgan fingerprint density at radius 2 is 0.473 bits per heavy atom. The number of para-hydroxylation sites is 2. The molecule has 0 saturated carbocycles. The van der Waals surface area contributed by atoms with E-state index in [1.165, 1.54) is 74.5 Å². The molecular weight excluding hydrogens is 1160 g/mol. The molecule has 0 bridgehead atoms. The minimum Gasteiger partial charge on any atom is -0.294 e. The van der Waals surface area contributed by atoms with Crippen molar-refractivity contribution in [3.05, 3.63) is 382 Å². The average molecular weight is 1220 g/mol. The second-order valence-corrected chi connectivity index (χ2v) is 31.6. The van der Waals surface area contributed by atoms with Crippen LogP contribution in [0.5, 0.6) is 0 Å². The summed E-state index contributed by atoms with van der Waals surface area (Å²) in [6.07, 6.45) is 0. The molecule has 0 N–H and O–H groups in total. The van der Waals surface area contributed by atoms with Crippen molar-refractivity contribution in [3.63, 3.8) is 0 Å². The summed E-state index contributed by atoms with van der Waals surface area (Å²) in [7, 11) is -7.18. The topological polar surface area (TPSA) is 30.7 Å². The van der Waals surface area contributed by atoms with Crippen LogP contribution in [0.25, 0.3) is 94.8 Å². The van der Waals surface area contributed by atoms with Gasteiger partial charge in [-0.25, -0.2) is 9.97 Å². The van der Waals surface area contributed by atoms with Crippen LogP contribution in [0, 0.1) is 0 Å². The van der Waals surface area contributed by atoms with Gasteiger partial charge >= 0.3 is 0 Å². The van der Waals surface area contributed by atoms with Gasteiger partial charge in [0.2, 0.25) is 0 Å². The zero-order valence-electron chi connectivity index (χ0n) is 51.2. The van der Waals surface area contributed by atoms with E-state index in [0.717, 1.165) is 55.9 Å². The van der Waals surface area contributed by atoms with Crippen molar-refractivity contribution in [2.75, 3.05) is 0 Å². The highest BCUT2D eigenvalue weighted by atomic mass is 28.3. The molecule has 3 nitrogen and oxygen atoms in total. The summed E-state index contributed by atoms with van der Waals surface area (Å²) in [6.45, 7) is 0. The molecule has 0 aliphatic heterocycles. The number of nitrogens with zero attached hydrogens (tertiary/aromatic N) is 3. The molecule has 0 amide bonds. The Hall–Kier alpha value is -11.6. The van der Waals surface area contributed by atoms with Crippen molar-refractivity contribution in [3.8, 4) is 73.0 Å². The van der Waals surface area contributed by atoms with E-state index in [1.807, 2.05) is 0 Å². The van der Waals surface area contributed by atoms with Gasteiger partial charge in [-0.15, -0.1) is 0 Å². The maximum absolute atomic E-state index is 5.95. The first-order chi connectivity index (χ1) is 46.1. The summed E-state index contributed by atoms with van der Waals surface area (Å²) in [4.78, 5) is 11.8. The van der Waals surface area contributed by atoms with Gasteiger partial charge in [-0.1, -0.05) is 364 Å². The molecule has 0 unspecified atom stereocenters. The van der Waals surface area contributed by atoms with E-state index in [4.69, 9.17) is 9.97 Å². The summed E-state index contributed by atoms with van der Waals surface area (Å²) in [5, 5.41) is 12.3. The van der Waals surface area contributed by atoms with E-state index in [2.05, 4.69) is 387 Å². The van der Waals surface area contributed by atoms with Gasteiger partial charge in [-0.3, -0.25) is 4.57 Å². The minimum absolute atomic E-state index is 0.635. The molecule has 438 valence electrons. The highest BCUT2D eigenvalue weighted by Gasteiger charge is 2.47. The first-order valence-corrected chi connectivity index (χ1v) is 35.9. The Bertz CT molecular complexity index is 4860. The van der Waals surface area contributed by atoms with Crippen LogP contribution in [0.1, 0.15) is 0 Å². The van der Waals surface area contributed by atoms with E-state index < -0.39 is 16.1 Å². The molecule has 0 aliphatic carbocycles. The highest BCUT2D eigenvalue weighted by molar-refractivity contribution is 7.22. The summed E-state index contributed by atoms with van der Waals surface area (Å²) < 4.78 is 2.34. The lowest BCUT2D eigenvalue weighted by Gasteiger charge is -2.39. The summed E-state index contributed by atoms with van der Waals surface area (Å²) >= 11 is 0. The smallest absolute Gasteiger partial charge is 0.179 e. The molecule has 16 aromatic rings. The van der Waals surface area contributed by atoms with E-state index in [0.29, 0.717) is 5.82 Å². The number of hydrogen-bond donors (Lipinski definition) is 0. The Morgan fingerprint density at radius 1 is 0.194 bits per heavy atom. The van der Waals surface area contributed by atoms with Crippen LogP contribution in [-0.4, -0.2) is 30.7 Å². The third-order valence-electron chi connectivity index (χ3n) is 18.7. The van der Waals surface area contributed by atoms with Crippen LogP contribution in [0.15, 0.2) is 382 Å². The third-order valence-corrected chi connectivity index (χ3v) is 28.1. The van der Waals surface area contributed by atoms with Crippen LogP contribution in [0.3, 0.4) is 0 Å². The Labute approximate surface area is 545 Å². The quantitative estimate of drug-likeness (QED) is 0.0756.